The summed E-state index contributed by atoms with van der Waals surface area (Å²) in [7, 11) is 1.66. The number of hydrogen-bond acceptors (Lipinski definition) is 4. The van der Waals surface area contributed by atoms with Crippen LogP contribution in [0.15, 0.2) is 12.1 Å². The fourth-order valence-electron chi connectivity index (χ4n) is 1.46. The average Bonchev–Trinajstić information content (AvgIpc) is 2.81. The van der Waals surface area contributed by atoms with Gasteiger partial charge >= 0.3 is 0 Å². The maximum absolute atomic E-state index is 13.6. The van der Waals surface area contributed by atoms with Gasteiger partial charge in [-0.1, -0.05) is 0 Å². The van der Waals surface area contributed by atoms with E-state index >= 15 is 0 Å². The molecule has 1 aromatic heterocycles. The Morgan fingerprint density at radius 2 is 2.00 bits per heavy atom. The van der Waals surface area contributed by atoms with Crippen molar-refractivity contribution in [3.8, 4) is 5.69 Å². The zero-order valence-electron chi connectivity index (χ0n) is 9.65. The number of benzene rings is 1. The van der Waals surface area contributed by atoms with Gasteiger partial charge in [0.2, 0.25) is 0 Å². The molecule has 0 spiro atoms. The lowest BCUT2D eigenvalue weighted by Crippen LogP contribution is -2.18. The van der Waals surface area contributed by atoms with E-state index in [-0.39, 0.29) is 17.6 Å². The van der Waals surface area contributed by atoms with Gasteiger partial charge in [-0.2, -0.15) is 4.68 Å². The minimum atomic E-state index is -1.29. The lowest BCUT2D eigenvalue weighted by molar-refractivity contribution is 0.482. The number of tetrazole rings is 1. The maximum atomic E-state index is 13.6. The van der Waals surface area contributed by atoms with E-state index in [1.165, 1.54) is 0 Å². The summed E-state index contributed by atoms with van der Waals surface area (Å²) in [6.45, 7) is 1.73. The summed E-state index contributed by atoms with van der Waals surface area (Å²) >= 11 is 0. The standard InChI is InChI=1S/C10H10F3N5/c1-5(14-2)10-15-16-17-18(10)8-4-6(11)3-7(12)9(8)13/h3-5,14H,1-2H3. The van der Waals surface area contributed by atoms with Crippen molar-refractivity contribution in [1.82, 2.24) is 25.5 Å². The minimum Gasteiger partial charge on any atom is -0.311 e. The summed E-state index contributed by atoms with van der Waals surface area (Å²) in [6, 6.07) is 0.996. The second-order valence-electron chi connectivity index (χ2n) is 3.68. The molecule has 96 valence electrons. The predicted octanol–water partition coefficient (Wildman–Crippen LogP) is 1.36. The quantitative estimate of drug-likeness (QED) is 0.843. The summed E-state index contributed by atoms with van der Waals surface area (Å²) in [5.74, 6) is -3.14. The highest BCUT2D eigenvalue weighted by Crippen LogP contribution is 2.20. The highest BCUT2D eigenvalue weighted by Gasteiger charge is 2.19. The molecule has 8 heteroatoms. The molecule has 0 aliphatic rings. The largest absolute Gasteiger partial charge is 0.311 e. The monoisotopic (exact) mass is 257 g/mol. The van der Waals surface area contributed by atoms with Gasteiger partial charge in [0, 0.05) is 12.1 Å². The Morgan fingerprint density at radius 3 is 2.67 bits per heavy atom. The Morgan fingerprint density at radius 1 is 1.28 bits per heavy atom. The topological polar surface area (TPSA) is 55.6 Å². The highest BCUT2D eigenvalue weighted by molar-refractivity contribution is 5.34. The van der Waals surface area contributed by atoms with E-state index in [1.54, 1.807) is 14.0 Å². The summed E-state index contributed by atoms with van der Waals surface area (Å²) < 4.78 is 40.8. The summed E-state index contributed by atoms with van der Waals surface area (Å²) in [5.41, 5.74) is -0.366. The van der Waals surface area contributed by atoms with Crippen molar-refractivity contribution in [3.05, 3.63) is 35.4 Å². The first-order chi connectivity index (χ1) is 8.54. The van der Waals surface area contributed by atoms with Crippen molar-refractivity contribution >= 4 is 0 Å². The number of aromatic nitrogens is 4. The zero-order chi connectivity index (χ0) is 13.3. The Hall–Kier alpha value is -1.96. The molecule has 2 aromatic rings. The van der Waals surface area contributed by atoms with Gasteiger partial charge in [-0.05, 0) is 24.4 Å². The van der Waals surface area contributed by atoms with E-state index in [4.69, 9.17) is 0 Å². The molecule has 0 bridgehead atoms. The predicted molar refractivity (Wildman–Crippen MR) is 56.5 cm³/mol. The number of halogens is 3. The van der Waals surface area contributed by atoms with Gasteiger partial charge in [-0.3, -0.25) is 0 Å². The van der Waals surface area contributed by atoms with Crippen LogP contribution in [0.5, 0.6) is 0 Å². The minimum absolute atomic E-state index is 0.251. The fraction of sp³-hybridized carbons (Fsp3) is 0.300. The van der Waals surface area contributed by atoms with Gasteiger partial charge < -0.3 is 5.32 Å². The van der Waals surface area contributed by atoms with Crippen LogP contribution in [-0.4, -0.2) is 27.3 Å². The van der Waals surface area contributed by atoms with E-state index in [9.17, 15) is 13.2 Å². The first-order valence-electron chi connectivity index (χ1n) is 5.15. The lowest BCUT2D eigenvalue weighted by Gasteiger charge is -2.11. The number of rotatable bonds is 3. The molecule has 0 aliphatic heterocycles. The molecule has 2 rings (SSSR count). The molecule has 1 atom stereocenters. The van der Waals surface area contributed by atoms with Crippen LogP contribution in [0, 0.1) is 17.5 Å². The molecular formula is C10H10F3N5. The van der Waals surface area contributed by atoms with E-state index in [2.05, 4.69) is 20.8 Å². The van der Waals surface area contributed by atoms with Crippen LogP contribution in [0.1, 0.15) is 18.8 Å². The maximum Gasteiger partial charge on any atom is 0.184 e. The van der Waals surface area contributed by atoms with Crippen molar-refractivity contribution in [2.45, 2.75) is 13.0 Å². The summed E-state index contributed by atoms with van der Waals surface area (Å²) in [4.78, 5) is 0. The molecule has 0 saturated heterocycles. The van der Waals surface area contributed by atoms with Crippen LogP contribution in [0.3, 0.4) is 0 Å². The van der Waals surface area contributed by atoms with E-state index in [0.717, 1.165) is 10.7 Å². The number of nitrogens with one attached hydrogen (secondary N) is 1. The molecule has 0 amide bonds. The normalized spacial score (nSPS) is 12.7. The average molecular weight is 257 g/mol. The van der Waals surface area contributed by atoms with Crippen molar-refractivity contribution in [2.75, 3.05) is 7.05 Å². The molecule has 0 saturated carbocycles. The smallest absolute Gasteiger partial charge is 0.184 e. The first-order valence-corrected chi connectivity index (χ1v) is 5.15. The van der Waals surface area contributed by atoms with Crippen molar-refractivity contribution in [1.29, 1.82) is 0 Å². The molecule has 0 fully saturated rings. The van der Waals surface area contributed by atoms with Crippen molar-refractivity contribution in [3.63, 3.8) is 0 Å². The molecule has 0 aliphatic carbocycles. The van der Waals surface area contributed by atoms with E-state index in [0.29, 0.717) is 6.07 Å². The second kappa shape index (κ2) is 4.73. The van der Waals surface area contributed by atoms with Gasteiger partial charge in [0.15, 0.2) is 17.5 Å². The van der Waals surface area contributed by atoms with E-state index < -0.39 is 17.5 Å². The van der Waals surface area contributed by atoms with Gasteiger partial charge in [-0.25, -0.2) is 13.2 Å². The molecule has 1 heterocycles. The Labute approximate surface area is 101 Å². The third kappa shape index (κ3) is 2.06. The fourth-order valence-corrected chi connectivity index (χ4v) is 1.46. The molecule has 5 nitrogen and oxygen atoms in total. The van der Waals surface area contributed by atoms with Gasteiger partial charge in [0.1, 0.15) is 11.5 Å². The summed E-state index contributed by atoms with van der Waals surface area (Å²) in [6.07, 6.45) is 0. The molecule has 0 radical (unpaired) electrons. The molecule has 1 aromatic carbocycles. The molecule has 1 N–H and O–H groups in total. The number of hydrogen-bond donors (Lipinski definition) is 1. The third-order valence-corrected chi connectivity index (χ3v) is 2.52. The molecular weight excluding hydrogens is 247 g/mol. The van der Waals surface area contributed by atoms with Crippen molar-refractivity contribution in [2.24, 2.45) is 0 Å². The highest BCUT2D eigenvalue weighted by atomic mass is 19.2. The van der Waals surface area contributed by atoms with Crippen LogP contribution in [0.4, 0.5) is 13.2 Å². The van der Waals surface area contributed by atoms with Gasteiger partial charge in [-0.15, -0.1) is 5.10 Å². The lowest BCUT2D eigenvalue weighted by atomic mass is 10.2. The van der Waals surface area contributed by atoms with Crippen LogP contribution in [0.2, 0.25) is 0 Å². The van der Waals surface area contributed by atoms with E-state index in [1.807, 2.05) is 0 Å². The second-order valence-corrected chi connectivity index (χ2v) is 3.68. The van der Waals surface area contributed by atoms with Crippen LogP contribution >= 0.6 is 0 Å². The first kappa shape index (κ1) is 12.5. The van der Waals surface area contributed by atoms with Crippen LogP contribution in [-0.2, 0) is 0 Å². The SMILES string of the molecule is CNC(C)c1nnnn1-c1cc(F)cc(F)c1F. The van der Waals surface area contributed by atoms with Crippen molar-refractivity contribution < 1.29 is 13.2 Å². The summed E-state index contributed by atoms with van der Waals surface area (Å²) in [5, 5.41) is 13.5. The third-order valence-electron chi connectivity index (χ3n) is 2.52. The number of nitrogens with zero attached hydrogens (tertiary/aromatic N) is 4. The van der Waals surface area contributed by atoms with Gasteiger partial charge in [0.05, 0.1) is 6.04 Å². The molecule has 1 unspecified atom stereocenters. The zero-order valence-corrected chi connectivity index (χ0v) is 9.65. The Bertz CT molecular complexity index is 569. The van der Waals surface area contributed by atoms with Crippen LogP contribution < -0.4 is 5.32 Å². The van der Waals surface area contributed by atoms with Gasteiger partial charge in [0.25, 0.3) is 0 Å². The Balaban J connectivity index is 2.59. The Kier molecular flexibility index (Phi) is 3.28. The molecule has 18 heavy (non-hydrogen) atoms. The van der Waals surface area contributed by atoms with Crippen LogP contribution in [0.25, 0.3) is 5.69 Å².